The quantitative estimate of drug-likeness (QED) is 0.721. The molecule has 0 bridgehead atoms. The molecule has 1 fully saturated rings. The number of hydrogen-bond donors (Lipinski definition) is 0. The lowest BCUT2D eigenvalue weighted by atomic mass is 10.0. The highest BCUT2D eigenvalue weighted by Crippen LogP contribution is 2.45. The second-order valence-electron chi connectivity index (χ2n) is 6.38. The summed E-state index contributed by atoms with van der Waals surface area (Å²) in [7, 11) is 2.07. The van der Waals surface area contributed by atoms with E-state index < -0.39 is 0 Å². The molecule has 0 spiro atoms. The van der Waals surface area contributed by atoms with Crippen LogP contribution in [0.5, 0.6) is 0 Å². The second kappa shape index (κ2) is 5.85. The van der Waals surface area contributed by atoms with Gasteiger partial charge in [0.15, 0.2) is 0 Å². The molecule has 0 saturated heterocycles. The summed E-state index contributed by atoms with van der Waals surface area (Å²) in [6, 6.07) is 9.11. The van der Waals surface area contributed by atoms with Crippen molar-refractivity contribution in [3.63, 3.8) is 0 Å². The van der Waals surface area contributed by atoms with E-state index >= 15 is 0 Å². The Kier molecular flexibility index (Phi) is 3.67. The Morgan fingerprint density at radius 3 is 2.71 bits per heavy atom. The predicted molar refractivity (Wildman–Crippen MR) is 90.4 cm³/mol. The van der Waals surface area contributed by atoms with Crippen molar-refractivity contribution < 1.29 is 4.39 Å². The van der Waals surface area contributed by atoms with Gasteiger partial charge in [0.1, 0.15) is 18.0 Å². The lowest BCUT2D eigenvalue weighted by Gasteiger charge is -2.31. The molecule has 4 rings (SSSR count). The van der Waals surface area contributed by atoms with Crippen LogP contribution in [0.1, 0.15) is 37.1 Å². The molecule has 1 atom stereocenters. The first kappa shape index (κ1) is 15.1. The molecular formula is C18H20FN5. The van der Waals surface area contributed by atoms with E-state index in [-0.39, 0.29) is 11.9 Å². The fourth-order valence-corrected chi connectivity index (χ4v) is 3.30. The Hall–Kier alpha value is -2.50. The summed E-state index contributed by atoms with van der Waals surface area (Å²) in [6.07, 6.45) is 4.76. The van der Waals surface area contributed by atoms with E-state index in [0.717, 1.165) is 23.5 Å². The van der Waals surface area contributed by atoms with E-state index in [2.05, 4.69) is 40.0 Å². The van der Waals surface area contributed by atoms with Crippen LogP contribution in [-0.4, -0.2) is 26.6 Å². The van der Waals surface area contributed by atoms with Gasteiger partial charge in [0.2, 0.25) is 0 Å². The SMILES string of the molecule is CCc1cc(N(C)C(c2ccc(F)cc2)C2CC2)n2ncnc2n1. The van der Waals surface area contributed by atoms with E-state index in [1.54, 1.807) is 4.52 Å². The van der Waals surface area contributed by atoms with Crippen LogP contribution in [0.15, 0.2) is 36.7 Å². The number of nitrogens with zero attached hydrogens (tertiary/aromatic N) is 5. The molecule has 2 aromatic heterocycles. The first-order valence-corrected chi connectivity index (χ1v) is 8.35. The molecule has 0 N–H and O–H groups in total. The highest BCUT2D eigenvalue weighted by molar-refractivity contribution is 5.49. The monoisotopic (exact) mass is 325 g/mol. The summed E-state index contributed by atoms with van der Waals surface area (Å²) in [6.45, 7) is 2.08. The van der Waals surface area contributed by atoms with Crippen molar-refractivity contribution in [2.75, 3.05) is 11.9 Å². The van der Waals surface area contributed by atoms with Crippen LogP contribution >= 0.6 is 0 Å². The normalized spacial score (nSPS) is 15.6. The van der Waals surface area contributed by atoms with Gasteiger partial charge in [-0.3, -0.25) is 0 Å². The molecule has 3 aromatic rings. The third-order valence-corrected chi connectivity index (χ3v) is 4.71. The van der Waals surface area contributed by atoms with E-state index in [1.165, 1.54) is 31.3 Å². The van der Waals surface area contributed by atoms with Gasteiger partial charge < -0.3 is 4.90 Å². The van der Waals surface area contributed by atoms with Gasteiger partial charge >= 0.3 is 0 Å². The predicted octanol–water partition coefficient (Wildman–Crippen LogP) is 3.41. The Morgan fingerprint density at radius 1 is 1.29 bits per heavy atom. The van der Waals surface area contributed by atoms with E-state index in [1.807, 2.05) is 12.1 Å². The lowest BCUT2D eigenvalue weighted by Crippen LogP contribution is -2.28. The highest BCUT2D eigenvalue weighted by Gasteiger charge is 2.36. The molecule has 2 heterocycles. The number of halogens is 1. The molecule has 1 aromatic carbocycles. The maximum absolute atomic E-state index is 13.3. The number of aryl methyl sites for hydroxylation is 1. The number of anilines is 1. The van der Waals surface area contributed by atoms with Crippen LogP contribution in [0.2, 0.25) is 0 Å². The largest absolute Gasteiger partial charge is 0.352 e. The minimum atomic E-state index is -0.202. The van der Waals surface area contributed by atoms with Crippen molar-refractivity contribution in [1.82, 2.24) is 19.6 Å². The summed E-state index contributed by atoms with van der Waals surface area (Å²) in [5.74, 6) is 1.96. The molecule has 0 radical (unpaired) electrons. The average molecular weight is 325 g/mol. The zero-order valence-electron chi connectivity index (χ0n) is 13.9. The summed E-state index contributed by atoms with van der Waals surface area (Å²) < 4.78 is 15.1. The minimum absolute atomic E-state index is 0.199. The number of aromatic nitrogens is 4. The molecule has 1 aliphatic carbocycles. The Morgan fingerprint density at radius 2 is 2.04 bits per heavy atom. The smallest absolute Gasteiger partial charge is 0.254 e. The number of hydrogen-bond acceptors (Lipinski definition) is 4. The standard InChI is InChI=1S/C18H20FN5/c1-3-15-10-16(24-18(22-15)20-11-21-24)23(2)17(12-4-5-12)13-6-8-14(19)9-7-13/h6-12,17H,3-5H2,1-2H3. The summed E-state index contributed by atoms with van der Waals surface area (Å²) in [4.78, 5) is 11.0. The molecule has 1 aliphatic rings. The van der Waals surface area contributed by atoms with E-state index in [0.29, 0.717) is 11.7 Å². The summed E-state index contributed by atoms with van der Waals surface area (Å²) >= 11 is 0. The highest BCUT2D eigenvalue weighted by atomic mass is 19.1. The topological polar surface area (TPSA) is 46.3 Å². The molecular weight excluding hydrogens is 305 g/mol. The van der Waals surface area contributed by atoms with Gasteiger partial charge in [-0.25, -0.2) is 9.37 Å². The molecule has 0 aliphatic heterocycles. The van der Waals surface area contributed by atoms with Crippen molar-refractivity contribution in [1.29, 1.82) is 0 Å². The molecule has 24 heavy (non-hydrogen) atoms. The minimum Gasteiger partial charge on any atom is -0.352 e. The fraction of sp³-hybridized carbons (Fsp3) is 0.389. The van der Waals surface area contributed by atoms with Crippen molar-refractivity contribution >= 4 is 11.6 Å². The van der Waals surface area contributed by atoms with Crippen LogP contribution in [0, 0.1) is 11.7 Å². The van der Waals surface area contributed by atoms with Gasteiger partial charge in [-0.2, -0.15) is 14.6 Å². The van der Waals surface area contributed by atoms with Crippen molar-refractivity contribution in [3.05, 3.63) is 53.7 Å². The van der Waals surface area contributed by atoms with Crippen LogP contribution in [-0.2, 0) is 6.42 Å². The maximum atomic E-state index is 13.3. The van der Waals surface area contributed by atoms with Crippen LogP contribution < -0.4 is 4.90 Å². The van der Waals surface area contributed by atoms with Gasteiger partial charge in [0, 0.05) is 18.8 Å². The van der Waals surface area contributed by atoms with Crippen molar-refractivity contribution in [2.24, 2.45) is 5.92 Å². The van der Waals surface area contributed by atoms with Gasteiger partial charge in [-0.05, 0) is 42.9 Å². The molecule has 1 unspecified atom stereocenters. The number of rotatable bonds is 5. The number of fused-ring (bicyclic) bond motifs is 1. The molecule has 1 saturated carbocycles. The molecule has 6 heteroatoms. The number of benzene rings is 1. The Bertz CT molecular complexity index is 853. The van der Waals surface area contributed by atoms with Crippen LogP contribution in [0.4, 0.5) is 10.2 Å². The summed E-state index contributed by atoms with van der Waals surface area (Å²) in [5, 5.41) is 4.33. The van der Waals surface area contributed by atoms with Gasteiger partial charge in [-0.15, -0.1) is 0 Å². The van der Waals surface area contributed by atoms with Gasteiger partial charge in [-0.1, -0.05) is 19.1 Å². The Balaban J connectivity index is 1.79. The van der Waals surface area contributed by atoms with E-state index in [4.69, 9.17) is 0 Å². The zero-order chi connectivity index (χ0) is 16.7. The molecule has 124 valence electrons. The second-order valence-corrected chi connectivity index (χ2v) is 6.38. The fourth-order valence-electron chi connectivity index (χ4n) is 3.30. The maximum Gasteiger partial charge on any atom is 0.254 e. The van der Waals surface area contributed by atoms with Crippen LogP contribution in [0.25, 0.3) is 5.78 Å². The third kappa shape index (κ3) is 2.62. The van der Waals surface area contributed by atoms with Crippen LogP contribution in [0.3, 0.4) is 0 Å². The van der Waals surface area contributed by atoms with Gasteiger partial charge in [0.05, 0.1) is 6.04 Å². The van der Waals surface area contributed by atoms with Crippen molar-refractivity contribution in [2.45, 2.75) is 32.2 Å². The first-order chi connectivity index (χ1) is 11.7. The zero-order valence-corrected chi connectivity index (χ0v) is 13.9. The Labute approximate surface area is 140 Å². The first-order valence-electron chi connectivity index (χ1n) is 8.35. The lowest BCUT2D eigenvalue weighted by molar-refractivity contribution is 0.576. The van der Waals surface area contributed by atoms with E-state index in [9.17, 15) is 4.39 Å². The summed E-state index contributed by atoms with van der Waals surface area (Å²) in [5.41, 5.74) is 2.12. The van der Waals surface area contributed by atoms with Crippen molar-refractivity contribution in [3.8, 4) is 0 Å². The third-order valence-electron chi connectivity index (χ3n) is 4.71. The molecule has 5 nitrogen and oxygen atoms in total. The average Bonchev–Trinajstić information content (AvgIpc) is 3.31. The molecule has 0 amide bonds. The van der Waals surface area contributed by atoms with Gasteiger partial charge in [0.25, 0.3) is 5.78 Å².